The van der Waals surface area contributed by atoms with E-state index in [9.17, 15) is 9.18 Å². The predicted octanol–water partition coefficient (Wildman–Crippen LogP) is 9.82. The number of amides is 1. The minimum atomic E-state index is -0.368. The second-order valence-corrected chi connectivity index (χ2v) is 16.8. The molecule has 0 saturated heterocycles. The maximum atomic E-state index is 13.3. The van der Waals surface area contributed by atoms with Crippen LogP contribution in [0.3, 0.4) is 0 Å². The minimum Gasteiger partial charge on any atom is -0.493 e. The fraction of sp³-hybridized carbons (Fsp3) is 0.308. The number of ether oxygens (including phenoxy) is 6. The quantitative estimate of drug-likeness (QED) is 0.121. The first-order valence-corrected chi connectivity index (χ1v) is 22.0. The lowest BCUT2D eigenvalue weighted by molar-refractivity contribution is 0.102. The van der Waals surface area contributed by atoms with Gasteiger partial charge < -0.3 is 39.1 Å². The molecule has 0 saturated carbocycles. The van der Waals surface area contributed by atoms with Gasteiger partial charge in [-0.3, -0.25) is 14.6 Å². The molecule has 5 aromatic carbocycles. The largest absolute Gasteiger partial charge is 0.493 e. The van der Waals surface area contributed by atoms with E-state index in [1.807, 2.05) is 18.2 Å². The number of halogens is 1. The first kappa shape index (κ1) is 43.4. The van der Waals surface area contributed by atoms with Crippen LogP contribution in [0, 0.1) is 5.82 Å². The molecule has 5 heterocycles. The number of methoxy groups -OCH3 is 3. The molecule has 13 heteroatoms. The van der Waals surface area contributed by atoms with Gasteiger partial charge in [0.1, 0.15) is 17.4 Å². The summed E-state index contributed by atoms with van der Waals surface area (Å²) in [5.41, 5.74) is 7.81. The van der Waals surface area contributed by atoms with Gasteiger partial charge in [-0.15, -0.1) is 0 Å². The highest BCUT2D eigenvalue weighted by Gasteiger charge is 2.35. The van der Waals surface area contributed by atoms with Gasteiger partial charge in [0.05, 0.1) is 33.5 Å². The summed E-state index contributed by atoms with van der Waals surface area (Å²) >= 11 is 0. The number of rotatable bonds is 11. The van der Waals surface area contributed by atoms with E-state index in [-0.39, 0.29) is 23.8 Å². The summed E-state index contributed by atoms with van der Waals surface area (Å²) in [5, 5.41) is 6.06. The van der Waals surface area contributed by atoms with Crippen molar-refractivity contribution in [2.24, 2.45) is 0 Å². The fourth-order valence-electron chi connectivity index (χ4n) is 9.07. The number of fused-ring (bicyclic) bond motifs is 2. The van der Waals surface area contributed by atoms with Crippen molar-refractivity contribution in [1.82, 2.24) is 14.8 Å². The highest BCUT2D eigenvalue weighted by Crippen LogP contribution is 2.52. The van der Waals surface area contributed by atoms with Gasteiger partial charge >= 0.3 is 0 Å². The predicted molar refractivity (Wildman–Crippen MR) is 248 cm³/mol. The monoisotopic (exact) mass is 879 g/mol. The molecule has 0 aliphatic carbocycles. The van der Waals surface area contributed by atoms with Crippen LogP contribution in [0.4, 0.5) is 15.9 Å². The average Bonchev–Trinajstić information content (AvgIpc) is 3.32. The van der Waals surface area contributed by atoms with Gasteiger partial charge in [-0.2, -0.15) is 0 Å². The number of anilines is 2. The van der Waals surface area contributed by atoms with Crippen LogP contribution in [0.5, 0.6) is 46.0 Å². The SMILES string of the molecule is COc1cc2c3cc1Oc1c(OC)c(OC)cc4c1[C@@H](Cc1ccc(OCCCNc5ccc(C(=O)Nc6ccc(F)cc6)cn5)c(c1)Oc1ccc(cc1)C[C@@H]3N(C)CC2)N(C)CC4. The zero-order valence-corrected chi connectivity index (χ0v) is 37.4. The summed E-state index contributed by atoms with van der Waals surface area (Å²) in [7, 11) is 9.36. The molecule has 4 aliphatic heterocycles. The van der Waals surface area contributed by atoms with E-state index < -0.39 is 0 Å². The van der Waals surface area contributed by atoms with Crippen LogP contribution in [0.2, 0.25) is 0 Å². The van der Waals surface area contributed by atoms with Crippen LogP contribution in [-0.4, -0.2) is 82.4 Å². The van der Waals surface area contributed by atoms with Crippen LogP contribution in [0.25, 0.3) is 0 Å². The Morgan fingerprint density at radius 3 is 2.20 bits per heavy atom. The third-order valence-electron chi connectivity index (χ3n) is 12.6. The van der Waals surface area contributed by atoms with E-state index in [1.165, 1.54) is 47.2 Å². The summed E-state index contributed by atoms with van der Waals surface area (Å²) in [4.78, 5) is 21.9. The zero-order valence-electron chi connectivity index (χ0n) is 37.4. The van der Waals surface area contributed by atoms with Crippen molar-refractivity contribution < 1.29 is 37.6 Å². The van der Waals surface area contributed by atoms with Crippen molar-refractivity contribution in [3.05, 3.63) is 148 Å². The Balaban J connectivity index is 0.987. The van der Waals surface area contributed by atoms with Gasteiger partial charge in [0.25, 0.3) is 5.91 Å². The van der Waals surface area contributed by atoms with Crippen molar-refractivity contribution in [2.45, 2.75) is 44.2 Å². The van der Waals surface area contributed by atoms with Gasteiger partial charge in [-0.05, 0) is 153 Å². The Bertz CT molecular complexity index is 2660. The lowest BCUT2D eigenvalue weighted by Gasteiger charge is -2.37. The van der Waals surface area contributed by atoms with Gasteiger partial charge in [-0.25, -0.2) is 9.37 Å². The minimum absolute atomic E-state index is 0.0771. The molecule has 6 bridgehead atoms. The number of nitrogens with zero attached hydrogens (tertiary/aromatic N) is 3. The maximum absolute atomic E-state index is 13.3. The number of benzene rings is 5. The topological polar surface area (TPSA) is 116 Å². The molecule has 0 spiro atoms. The molecule has 336 valence electrons. The number of nitrogens with one attached hydrogen (secondary N) is 2. The van der Waals surface area contributed by atoms with Crippen LogP contribution >= 0.6 is 0 Å². The second kappa shape index (κ2) is 19.1. The van der Waals surface area contributed by atoms with E-state index in [1.54, 1.807) is 33.5 Å². The van der Waals surface area contributed by atoms with Crippen molar-refractivity contribution in [3.8, 4) is 46.0 Å². The van der Waals surface area contributed by atoms with Crippen molar-refractivity contribution in [3.63, 3.8) is 0 Å². The highest BCUT2D eigenvalue weighted by atomic mass is 19.1. The first-order valence-electron chi connectivity index (χ1n) is 22.0. The molecule has 1 amide bonds. The molecule has 6 aromatic rings. The Kier molecular flexibility index (Phi) is 12.8. The van der Waals surface area contributed by atoms with Crippen LogP contribution < -0.4 is 39.1 Å². The number of hydrogen-bond acceptors (Lipinski definition) is 11. The molecule has 10 rings (SSSR count). The number of likely N-dealkylation sites (N-methyl/N-ethyl adjacent to an activating group) is 2. The molecule has 0 fully saturated rings. The lowest BCUT2D eigenvalue weighted by Crippen LogP contribution is -2.34. The number of carbonyl (C=O) groups excluding carboxylic acids is 1. The van der Waals surface area contributed by atoms with Crippen molar-refractivity contribution in [1.29, 1.82) is 0 Å². The Morgan fingerprint density at radius 2 is 1.46 bits per heavy atom. The number of pyridine rings is 1. The van der Waals surface area contributed by atoms with Crippen LogP contribution in [0.15, 0.2) is 103 Å². The molecule has 1 aromatic heterocycles. The number of carbonyl (C=O) groups is 1. The van der Waals surface area contributed by atoms with Gasteiger partial charge in [0, 0.05) is 49.2 Å². The molecule has 2 N–H and O–H groups in total. The molecule has 2 atom stereocenters. The van der Waals surface area contributed by atoms with E-state index in [4.69, 9.17) is 28.4 Å². The van der Waals surface area contributed by atoms with Gasteiger partial charge in [0.2, 0.25) is 5.75 Å². The number of hydrogen-bond donors (Lipinski definition) is 2. The molecule has 4 aliphatic rings. The van der Waals surface area contributed by atoms with Crippen LogP contribution in [0.1, 0.15) is 62.2 Å². The fourth-order valence-corrected chi connectivity index (χ4v) is 9.07. The summed E-state index contributed by atoms with van der Waals surface area (Å²) in [6.07, 6.45) is 5.35. The molecule has 12 nitrogen and oxygen atoms in total. The highest BCUT2D eigenvalue weighted by molar-refractivity contribution is 6.04. The van der Waals surface area contributed by atoms with Gasteiger partial charge in [-0.1, -0.05) is 18.2 Å². The number of aromatic nitrogens is 1. The standard InChI is InChI=1S/C52H54FN5O7/c1-57-22-19-34-28-44(60-3)46-30-40(34)41(57)25-32-7-15-39(16-8-32)64-45-27-33(26-42-49-35(20-23-58(42)2)29-47(61-4)50(62-5)51(49)65-46)9-17-43(45)63-24-6-21-54-48-18-10-36(31-55-48)52(59)56-38-13-11-37(53)12-14-38/h7-18,27-31,41-42H,6,19-26H2,1-5H3,(H,54,55)(H,56,59)/t41-,42+/m0/s1. The first-order chi connectivity index (χ1) is 31.7. The van der Waals surface area contributed by atoms with Crippen LogP contribution in [-0.2, 0) is 25.7 Å². The summed E-state index contributed by atoms with van der Waals surface area (Å²) in [5.74, 6) is 5.00. The van der Waals surface area contributed by atoms with Gasteiger partial charge in [0.15, 0.2) is 34.5 Å². The average molecular weight is 880 g/mol. The molecular weight excluding hydrogens is 826 g/mol. The van der Waals surface area contributed by atoms with Crippen molar-refractivity contribution in [2.75, 3.05) is 72.3 Å². The van der Waals surface area contributed by atoms with E-state index >= 15 is 0 Å². The molecule has 65 heavy (non-hydrogen) atoms. The van der Waals surface area contributed by atoms with E-state index in [2.05, 4.69) is 82.0 Å². The van der Waals surface area contributed by atoms with Crippen molar-refractivity contribution >= 4 is 17.4 Å². The zero-order chi connectivity index (χ0) is 45.0. The Labute approximate surface area is 379 Å². The normalized spacial score (nSPS) is 16.8. The van der Waals surface area contributed by atoms with E-state index in [0.717, 1.165) is 54.8 Å². The smallest absolute Gasteiger partial charge is 0.257 e. The third kappa shape index (κ3) is 9.38. The summed E-state index contributed by atoms with van der Waals surface area (Å²) in [6, 6.07) is 30.0. The van der Waals surface area contributed by atoms with E-state index in [0.29, 0.717) is 83.3 Å². The summed E-state index contributed by atoms with van der Waals surface area (Å²) in [6.45, 7) is 2.78. The Morgan fingerprint density at radius 1 is 0.754 bits per heavy atom. The third-order valence-corrected chi connectivity index (χ3v) is 12.6. The molecule has 0 radical (unpaired) electrons. The maximum Gasteiger partial charge on any atom is 0.257 e. The second-order valence-electron chi connectivity index (χ2n) is 16.8. The lowest BCUT2D eigenvalue weighted by atomic mass is 9.87. The summed E-state index contributed by atoms with van der Waals surface area (Å²) < 4.78 is 51.6. The molecule has 0 unspecified atom stereocenters. The Hall–Kier alpha value is -6.83. The molecular formula is C52H54FN5O7.